The van der Waals surface area contributed by atoms with E-state index in [1.807, 2.05) is 19.9 Å². The van der Waals surface area contributed by atoms with Crippen molar-refractivity contribution in [2.75, 3.05) is 0 Å². The molecule has 8 nitrogen and oxygen atoms in total. The lowest BCUT2D eigenvalue weighted by atomic mass is 10.0. The lowest BCUT2D eigenvalue weighted by Crippen LogP contribution is -2.36. The number of aromatic amines is 1. The number of nitrogens with one attached hydrogen (secondary N) is 2. The van der Waals surface area contributed by atoms with Crippen molar-refractivity contribution in [1.82, 2.24) is 19.9 Å². The number of H-pyrrole nitrogens is 1. The third-order valence-electron chi connectivity index (χ3n) is 4.60. The van der Waals surface area contributed by atoms with Crippen molar-refractivity contribution in [3.8, 4) is 0 Å². The average Bonchev–Trinajstić information content (AvgIpc) is 3.07. The molecule has 0 radical (unpaired) electrons. The molecule has 0 aliphatic carbocycles. The van der Waals surface area contributed by atoms with E-state index in [-0.39, 0.29) is 17.5 Å². The monoisotopic (exact) mass is 368 g/mol. The van der Waals surface area contributed by atoms with Crippen LogP contribution in [0.1, 0.15) is 34.0 Å². The molecule has 27 heavy (non-hydrogen) atoms. The van der Waals surface area contributed by atoms with Crippen LogP contribution in [0.4, 0.5) is 0 Å². The number of fused-ring (bicyclic) bond motifs is 1. The number of nitrogens with zero attached hydrogens (tertiary/aromatic N) is 2. The van der Waals surface area contributed by atoms with Gasteiger partial charge in [-0.2, -0.15) is 0 Å². The Kier molecular flexibility index (Phi) is 4.81. The molecule has 2 aromatic heterocycles. The summed E-state index contributed by atoms with van der Waals surface area (Å²) in [6.45, 7) is 5.45. The van der Waals surface area contributed by atoms with E-state index < -0.39 is 17.9 Å². The van der Waals surface area contributed by atoms with Crippen molar-refractivity contribution >= 4 is 17.5 Å². The number of benzene rings is 1. The Balaban J connectivity index is 1.86. The number of aryl methyl sites for hydroxylation is 3. The van der Waals surface area contributed by atoms with Crippen molar-refractivity contribution in [2.24, 2.45) is 0 Å². The van der Waals surface area contributed by atoms with E-state index in [2.05, 4.69) is 15.4 Å². The number of carboxylic acid groups (broad SMARTS) is 1. The number of carbonyl (C=O) groups excluding carboxylic acids is 1. The van der Waals surface area contributed by atoms with Gasteiger partial charge in [-0.1, -0.05) is 18.2 Å². The zero-order valence-electron chi connectivity index (χ0n) is 15.2. The van der Waals surface area contributed by atoms with Crippen molar-refractivity contribution in [1.29, 1.82) is 0 Å². The Labute approximate surface area is 154 Å². The van der Waals surface area contributed by atoms with Crippen molar-refractivity contribution in [3.05, 3.63) is 68.8 Å². The first-order valence-corrected chi connectivity index (χ1v) is 8.43. The van der Waals surface area contributed by atoms with E-state index >= 15 is 0 Å². The maximum Gasteiger partial charge on any atom is 0.330 e. The van der Waals surface area contributed by atoms with E-state index in [0.29, 0.717) is 16.9 Å². The van der Waals surface area contributed by atoms with Crippen molar-refractivity contribution < 1.29 is 14.7 Å². The van der Waals surface area contributed by atoms with Gasteiger partial charge in [0.1, 0.15) is 0 Å². The molecule has 0 spiro atoms. The molecule has 3 aromatic rings. The van der Waals surface area contributed by atoms with Gasteiger partial charge in [-0.3, -0.25) is 14.7 Å². The van der Waals surface area contributed by atoms with Gasteiger partial charge in [0.15, 0.2) is 11.7 Å². The van der Waals surface area contributed by atoms with Gasteiger partial charge >= 0.3 is 5.97 Å². The molecule has 1 unspecified atom stereocenters. The fraction of sp³-hybridized carbons (Fsp3) is 0.263. The second-order valence-electron chi connectivity index (χ2n) is 6.50. The zero-order valence-corrected chi connectivity index (χ0v) is 15.2. The van der Waals surface area contributed by atoms with Crippen molar-refractivity contribution in [2.45, 2.75) is 33.2 Å². The maximum atomic E-state index is 12.5. The third kappa shape index (κ3) is 3.59. The van der Waals surface area contributed by atoms with Crippen LogP contribution in [0.15, 0.2) is 35.3 Å². The molecule has 3 rings (SSSR count). The highest BCUT2D eigenvalue weighted by Crippen LogP contribution is 2.18. The number of carboxylic acids is 1. The Hall–Kier alpha value is -3.42. The number of rotatable bonds is 5. The molecule has 0 aliphatic heterocycles. The molecular weight excluding hydrogens is 348 g/mol. The van der Waals surface area contributed by atoms with Crippen LogP contribution in [0.5, 0.6) is 0 Å². The van der Waals surface area contributed by atoms with Gasteiger partial charge in [-0.05, 0) is 37.5 Å². The molecule has 2 heterocycles. The number of hydrogen-bond acceptors (Lipinski definition) is 4. The molecule has 1 atom stereocenters. The summed E-state index contributed by atoms with van der Waals surface area (Å²) in [5.74, 6) is -1.73. The first kappa shape index (κ1) is 18.4. The molecule has 1 amide bonds. The summed E-state index contributed by atoms with van der Waals surface area (Å²) in [4.78, 5) is 40.9. The summed E-state index contributed by atoms with van der Waals surface area (Å²) < 4.78 is 1.24. The molecule has 1 aromatic carbocycles. The Morgan fingerprint density at radius 3 is 2.63 bits per heavy atom. The van der Waals surface area contributed by atoms with Gasteiger partial charge in [0.25, 0.3) is 5.56 Å². The van der Waals surface area contributed by atoms with Gasteiger partial charge < -0.3 is 10.4 Å². The lowest BCUT2D eigenvalue weighted by molar-refractivity contribution is -0.142. The first-order chi connectivity index (χ1) is 12.8. The molecule has 0 saturated carbocycles. The number of carbonyl (C=O) groups is 2. The van der Waals surface area contributed by atoms with Gasteiger partial charge in [-0.15, -0.1) is 0 Å². The minimum atomic E-state index is -1.19. The number of hydrogen-bond donors (Lipinski definition) is 3. The van der Waals surface area contributed by atoms with Crippen LogP contribution >= 0.6 is 0 Å². The number of aromatic nitrogens is 3. The quantitative estimate of drug-likeness (QED) is 0.630. The molecule has 8 heteroatoms. The van der Waals surface area contributed by atoms with Crippen LogP contribution in [0.25, 0.3) is 5.65 Å². The van der Waals surface area contributed by atoms with Gasteiger partial charge in [0, 0.05) is 23.5 Å². The average molecular weight is 368 g/mol. The predicted molar refractivity (Wildman–Crippen MR) is 98.7 cm³/mol. The standard InChI is InChI=1S/C19H20N4O4/c1-10-4-5-13(8-11(10)2)17(19(26)27)22-16(24)9-14-12(3)21-15-6-7-20-23(15)18(14)25/h4-8,17,20H,9H2,1-3H3,(H,22,24)(H,26,27). The van der Waals surface area contributed by atoms with Gasteiger partial charge in [-0.25, -0.2) is 14.3 Å². The molecule has 3 N–H and O–H groups in total. The summed E-state index contributed by atoms with van der Waals surface area (Å²) >= 11 is 0. The number of aliphatic carboxylic acids is 1. The zero-order chi connectivity index (χ0) is 19.7. The van der Waals surface area contributed by atoms with Crippen LogP contribution < -0.4 is 10.9 Å². The van der Waals surface area contributed by atoms with Crippen LogP contribution in [-0.2, 0) is 16.0 Å². The van der Waals surface area contributed by atoms with E-state index in [1.165, 1.54) is 4.52 Å². The summed E-state index contributed by atoms with van der Waals surface area (Å²) in [7, 11) is 0. The molecule has 0 aliphatic rings. The molecule has 0 bridgehead atoms. The molecular formula is C19H20N4O4. The van der Waals surface area contributed by atoms with E-state index in [4.69, 9.17) is 0 Å². The Bertz CT molecular complexity index is 1100. The minimum absolute atomic E-state index is 0.219. The summed E-state index contributed by atoms with van der Waals surface area (Å²) in [6, 6.07) is 5.68. The predicted octanol–water partition coefficient (Wildman–Crippen LogP) is 1.43. The minimum Gasteiger partial charge on any atom is -0.479 e. The fourth-order valence-corrected chi connectivity index (χ4v) is 2.91. The van der Waals surface area contributed by atoms with Crippen LogP contribution in [-0.4, -0.2) is 31.6 Å². The fourth-order valence-electron chi connectivity index (χ4n) is 2.91. The highest BCUT2D eigenvalue weighted by Gasteiger charge is 2.24. The van der Waals surface area contributed by atoms with E-state index in [0.717, 1.165) is 11.1 Å². The van der Waals surface area contributed by atoms with Crippen LogP contribution in [0, 0.1) is 20.8 Å². The highest BCUT2D eigenvalue weighted by atomic mass is 16.4. The number of amides is 1. The lowest BCUT2D eigenvalue weighted by Gasteiger charge is -2.16. The largest absolute Gasteiger partial charge is 0.479 e. The normalized spacial score (nSPS) is 12.1. The summed E-state index contributed by atoms with van der Waals surface area (Å²) in [6.07, 6.45) is 1.32. The SMILES string of the molecule is Cc1ccc(C(NC(=O)Cc2c(C)nc3cc[nH]n3c2=O)C(=O)O)cc1C. The van der Waals surface area contributed by atoms with E-state index in [9.17, 15) is 19.5 Å². The van der Waals surface area contributed by atoms with Crippen LogP contribution in [0.2, 0.25) is 0 Å². The molecule has 0 saturated heterocycles. The molecule has 0 fully saturated rings. The Morgan fingerprint density at radius 1 is 1.22 bits per heavy atom. The summed E-state index contributed by atoms with van der Waals surface area (Å²) in [5.41, 5.74) is 3.18. The Morgan fingerprint density at radius 2 is 1.96 bits per heavy atom. The highest BCUT2D eigenvalue weighted by molar-refractivity contribution is 5.85. The van der Waals surface area contributed by atoms with E-state index in [1.54, 1.807) is 31.3 Å². The van der Waals surface area contributed by atoms with Crippen molar-refractivity contribution in [3.63, 3.8) is 0 Å². The second kappa shape index (κ2) is 7.06. The first-order valence-electron chi connectivity index (χ1n) is 8.43. The molecule has 140 valence electrons. The second-order valence-corrected chi connectivity index (χ2v) is 6.50. The third-order valence-corrected chi connectivity index (χ3v) is 4.60. The maximum absolute atomic E-state index is 12.5. The summed E-state index contributed by atoms with van der Waals surface area (Å²) in [5, 5.41) is 14.8. The topological polar surface area (TPSA) is 117 Å². The van der Waals surface area contributed by atoms with Gasteiger partial charge in [0.2, 0.25) is 5.91 Å². The van der Waals surface area contributed by atoms with Gasteiger partial charge in [0.05, 0.1) is 6.42 Å². The van der Waals surface area contributed by atoms with Crippen LogP contribution in [0.3, 0.4) is 0 Å². The smallest absolute Gasteiger partial charge is 0.330 e.